The molecule has 3 nitrogen and oxygen atoms in total. The van der Waals surface area contributed by atoms with E-state index in [1.54, 1.807) is 0 Å². The molecule has 41 heavy (non-hydrogen) atoms. The summed E-state index contributed by atoms with van der Waals surface area (Å²) in [6.45, 7) is 3.01. The van der Waals surface area contributed by atoms with Crippen LogP contribution in [0.2, 0.25) is 0 Å². The van der Waals surface area contributed by atoms with E-state index in [-0.39, 0.29) is 5.91 Å². The minimum atomic E-state index is 0.204. The maximum Gasteiger partial charge on any atom is 0.220 e. The Kier molecular flexibility index (Phi) is 22.4. The second kappa shape index (κ2) is 25.9. The van der Waals surface area contributed by atoms with Crippen molar-refractivity contribution in [2.45, 2.75) is 180 Å². The second-order valence-electron chi connectivity index (χ2n) is 12.7. The van der Waals surface area contributed by atoms with Gasteiger partial charge in [-0.2, -0.15) is 0 Å². The van der Waals surface area contributed by atoms with Gasteiger partial charge in [0, 0.05) is 30.6 Å². The number of hydrogen-bond acceptors (Lipinski definition) is 1. The largest absolute Gasteiger partial charge is 0.358 e. The smallest absolute Gasteiger partial charge is 0.220 e. The Morgan fingerprint density at radius 1 is 0.585 bits per heavy atom. The molecule has 0 aliphatic carbocycles. The van der Waals surface area contributed by atoms with Crippen LogP contribution in [0.4, 0.5) is 0 Å². The second-order valence-corrected chi connectivity index (χ2v) is 12.7. The van der Waals surface area contributed by atoms with E-state index in [1.165, 1.54) is 171 Å². The number of nitrogens with one attached hydrogen (secondary N) is 2. The van der Waals surface area contributed by atoms with Gasteiger partial charge in [0.05, 0.1) is 0 Å². The van der Waals surface area contributed by atoms with Gasteiger partial charge in [0.15, 0.2) is 0 Å². The molecule has 0 atom stereocenters. The van der Waals surface area contributed by atoms with E-state index in [9.17, 15) is 4.79 Å². The lowest BCUT2D eigenvalue weighted by atomic mass is 10.0. The molecule has 234 valence electrons. The van der Waals surface area contributed by atoms with E-state index in [2.05, 4.69) is 41.5 Å². The van der Waals surface area contributed by atoms with E-state index in [1.807, 2.05) is 6.07 Å². The fourth-order valence-electron chi connectivity index (χ4n) is 6.12. The van der Waals surface area contributed by atoms with Crippen LogP contribution in [0, 0.1) is 0 Å². The number of carbonyl (C=O) groups excluding carboxylic acids is 1. The van der Waals surface area contributed by atoms with Crippen LogP contribution in [0.3, 0.4) is 0 Å². The molecule has 0 bridgehead atoms. The Morgan fingerprint density at radius 2 is 1.00 bits per heavy atom. The highest BCUT2D eigenvalue weighted by Crippen LogP contribution is 2.17. The molecule has 2 rings (SSSR count). The third-order valence-corrected chi connectivity index (χ3v) is 8.81. The molecule has 3 heteroatoms. The van der Waals surface area contributed by atoms with E-state index >= 15 is 0 Å². The maximum absolute atomic E-state index is 12.1. The van der Waals surface area contributed by atoms with Crippen LogP contribution in [0.5, 0.6) is 0 Å². The SMILES string of the molecule is CCCCCCCCCCCCCCCCCCCCCCCCCCCC(=O)NCCc1cc2ccccc2[nH]1. The summed E-state index contributed by atoms with van der Waals surface area (Å²) >= 11 is 0. The van der Waals surface area contributed by atoms with Gasteiger partial charge in [-0.25, -0.2) is 0 Å². The molecule has 0 saturated heterocycles. The molecule has 0 unspecified atom stereocenters. The average Bonchev–Trinajstić information content (AvgIpc) is 3.40. The summed E-state index contributed by atoms with van der Waals surface area (Å²) in [4.78, 5) is 15.5. The quantitative estimate of drug-likeness (QED) is 0.0945. The van der Waals surface area contributed by atoms with Crippen molar-refractivity contribution < 1.29 is 4.79 Å². The molecule has 0 radical (unpaired) electrons. The van der Waals surface area contributed by atoms with Crippen molar-refractivity contribution in [2.75, 3.05) is 6.54 Å². The van der Waals surface area contributed by atoms with Gasteiger partial charge in [0.2, 0.25) is 5.91 Å². The van der Waals surface area contributed by atoms with Crippen LogP contribution in [0.25, 0.3) is 10.9 Å². The van der Waals surface area contributed by atoms with Gasteiger partial charge < -0.3 is 10.3 Å². The van der Waals surface area contributed by atoms with Gasteiger partial charge in [-0.1, -0.05) is 179 Å². The molecule has 0 saturated carbocycles. The first-order valence-electron chi connectivity index (χ1n) is 18.1. The maximum atomic E-state index is 12.1. The lowest BCUT2D eigenvalue weighted by Gasteiger charge is -2.05. The zero-order chi connectivity index (χ0) is 29.1. The minimum absolute atomic E-state index is 0.204. The predicted octanol–water partition coefficient (Wildman–Crippen LogP) is 12.0. The van der Waals surface area contributed by atoms with Crippen LogP contribution in [-0.4, -0.2) is 17.4 Å². The number of amides is 1. The Bertz CT molecular complexity index is 824. The zero-order valence-electron chi connectivity index (χ0n) is 27.1. The number of para-hydroxylation sites is 1. The van der Waals surface area contributed by atoms with Crippen molar-refractivity contribution in [1.82, 2.24) is 10.3 Å². The monoisotopic (exact) mass is 567 g/mol. The van der Waals surface area contributed by atoms with Gasteiger partial charge in [0.25, 0.3) is 0 Å². The van der Waals surface area contributed by atoms with Crippen molar-refractivity contribution in [3.8, 4) is 0 Å². The summed E-state index contributed by atoms with van der Waals surface area (Å²) in [5.74, 6) is 0.204. The van der Waals surface area contributed by atoms with Gasteiger partial charge >= 0.3 is 0 Å². The van der Waals surface area contributed by atoms with Crippen molar-refractivity contribution in [3.63, 3.8) is 0 Å². The minimum Gasteiger partial charge on any atom is -0.358 e. The lowest BCUT2D eigenvalue weighted by molar-refractivity contribution is -0.121. The summed E-state index contributed by atoms with van der Waals surface area (Å²) in [5, 5.41) is 4.32. The van der Waals surface area contributed by atoms with Crippen molar-refractivity contribution in [2.24, 2.45) is 0 Å². The zero-order valence-corrected chi connectivity index (χ0v) is 27.1. The number of fused-ring (bicyclic) bond motifs is 1. The molecule has 1 aromatic carbocycles. The van der Waals surface area contributed by atoms with Crippen LogP contribution >= 0.6 is 0 Å². The number of rotatable bonds is 29. The van der Waals surface area contributed by atoms with Gasteiger partial charge in [-0.05, 0) is 23.9 Å². The Balaban J connectivity index is 1.21. The predicted molar refractivity (Wildman–Crippen MR) is 181 cm³/mol. The summed E-state index contributed by atoms with van der Waals surface area (Å²) < 4.78 is 0. The van der Waals surface area contributed by atoms with Gasteiger partial charge in [-0.3, -0.25) is 4.79 Å². The fourth-order valence-corrected chi connectivity index (χ4v) is 6.12. The van der Waals surface area contributed by atoms with E-state index in [4.69, 9.17) is 0 Å². The van der Waals surface area contributed by atoms with Crippen molar-refractivity contribution in [1.29, 1.82) is 0 Å². The first-order chi connectivity index (χ1) is 20.3. The normalized spacial score (nSPS) is 11.4. The molecule has 0 spiro atoms. The van der Waals surface area contributed by atoms with Crippen molar-refractivity contribution >= 4 is 16.8 Å². The van der Waals surface area contributed by atoms with E-state index < -0.39 is 0 Å². The summed E-state index contributed by atoms with van der Waals surface area (Å²) in [7, 11) is 0. The molecule has 2 aromatic rings. The standard InChI is InChI=1S/C38H66N2O/c1-2-3-4-5-6-7-8-9-10-11-12-13-14-15-16-17-18-19-20-21-22-23-24-25-26-31-38(41)39-33-32-36-34-35-29-27-28-30-37(35)40-36/h27-30,34,40H,2-26,31-33H2,1H3,(H,39,41). The molecule has 0 aliphatic rings. The van der Waals surface area contributed by atoms with Gasteiger partial charge in [0.1, 0.15) is 0 Å². The van der Waals surface area contributed by atoms with E-state index in [0.717, 1.165) is 12.8 Å². The van der Waals surface area contributed by atoms with Crippen molar-refractivity contribution in [3.05, 3.63) is 36.0 Å². The molecular formula is C38H66N2O. The van der Waals surface area contributed by atoms with Crippen LogP contribution in [0.1, 0.15) is 180 Å². The summed E-state index contributed by atoms with van der Waals surface area (Å²) in [6.07, 6.45) is 36.7. The Labute approximate surface area is 254 Å². The molecule has 0 fully saturated rings. The number of unbranched alkanes of at least 4 members (excludes halogenated alkanes) is 24. The number of hydrogen-bond donors (Lipinski definition) is 2. The highest BCUT2D eigenvalue weighted by molar-refractivity contribution is 5.80. The van der Waals surface area contributed by atoms with E-state index in [0.29, 0.717) is 13.0 Å². The van der Waals surface area contributed by atoms with Crippen LogP contribution in [0.15, 0.2) is 30.3 Å². The molecular weight excluding hydrogens is 500 g/mol. The highest BCUT2D eigenvalue weighted by Gasteiger charge is 2.03. The average molecular weight is 567 g/mol. The summed E-state index contributed by atoms with van der Waals surface area (Å²) in [6, 6.07) is 10.5. The molecule has 1 amide bonds. The number of aromatic amines is 1. The highest BCUT2D eigenvalue weighted by atomic mass is 16.1. The molecule has 2 N–H and O–H groups in total. The first kappa shape index (κ1) is 35.4. The van der Waals surface area contributed by atoms with Crippen LogP contribution in [-0.2, 0) is 11.2 Å². The Hall–Kier alpha value is -1.77. The molecule has 1 heterocycles. The summed E-state index contributed by atoms with van der Waals surface area (Å²) in [5.41, 5.74) is 2.36. The Morgan fingerprint density at radius 3 is 1.44 bits per heavy atom. The number of H-pyrrole nitrogens is 1. The van der Waals surface area contributed by atoms with Crippen LogP contribution < -0.4 is 5.32 Å². The number of aromatic nitrogens is 1. The van der Waals surface area contributed by atoms with Gasteiger partial charge in [-0.15, -0.1) is 0 Å². The third kappa shape index (κ3) is 19.9. The first-order valence-corrected chi connectivity index (χ1v) is 18.1. The number of carbonyl (C=O) groups is 1. The topological polar surface area (TPSA) is 44.9 Å². The number of benzene rings is 1. The molecule has 0 aliphatic heterocycles. The third-order valence-electron chi connectivity index (χ3n) is 8.81. The molecule has 1 aromatic heterocycles. The fraction of sp³-hybridized carbons (Fsp3) is 0.763. The lowest BCUT2D eigenvalue weighted by Crippen LogP contribution is -2.25.